The van der Waals surface area contributed by atoms with Gasteiger partial charge in [0.2, 0.25) is 5.91 Å². The average molecular weight is 418 g/mol. The Hall–Kier alpha value is -3.80. The van der Waals surface area contributed by atoms with Gasteiger partial charge in [0, 0.05) is 22.6 Å². The van der Waals surface area contributed by atoms with Gasteiger partial charge in [0.05, 0.1) is 13.2 Å². The minimum Gasteiger partial charge on any atom is -0.494 e. The fraction of sp³-hybridized carbons (Fsp3) is 0.200. The number of carbonyl (C=O) groups excluding carboxylic acids is 2. The van der Waals surface area contributed by atoms with Gasteiger partial charge >= 0.3 is 0 Å². The monoisotopic (exact) mass is 417 g/mol. The van der Waals surface area contributed by atoms with Crippen LogP contribution < -0.4 is 20.7 Å². The number of hydrogen-bond donors (Lipinski definition) is 3. The van der Waals surface area contributed by atoms with E-state index in [1.165, 1.54) is 0 Å². The standard InChI is InChI=1S/C25H27N3O3/c1-2-3-16-31-23-14-12-20(13-15-23)26-18-24(29)27-21-10-7-11-22(17-21)28-25(30)19-8-5-4-6-9-19/h4-15,17,26H,2-3,16,18H2,1H3,(H,27,29)(H,28,30). The Balaban J connectivity index is 1.48. The van der Waals surface area contributed by atoms with Crippen molar-refractivity contribution in [2.75, 3.05) is 29.1 Å². The molecule has 0 atom stereocenters. The van der Waals surface area contributed by atoms with E-state index < -0.39 is 0 Å². The first-order valence-electron chi connectivity index (χ1n) is 10.4. The van der Waals surface area contributed by atoms with Crippen molar-refractivity contribution < 1.29 is 14.3 Å². The van der Waals surface area contributed by atoms with Crippen molar-refractivity contribution in [1.29, 1.82) is 0 Å². The van der Waals surface area contributed by atoms with E-state index in [4.69, 9.17) is 4.74 Å². The van der Waals surface area contributed by atoms with Crippen LogP contribution in [0.1, 0.15) is 30.1 Å². The van der Waals surface area contributed by atoms with E-state index in [0.717, 1.165) is 24.3 Å². The van der Waals surface area contributed by atoms with Crippen LogP contribution in [0.5, 0.6) is 5.75 Å². The number of ether oxygens (including phenoxy) is 1. The SMILES string of the molecule is CCCCOc1ccc(NCC(=O)Nc2cccc(NC(=O)c3ccccc3)c2)cc1. The van der Waals surface area contributed by atoms with Gasteiger partial charge in [0.15, 0.2) is 0 Å². The smallest absolute Gasteiger partial charge is 0.255 e. The lowest BCUT2D eigenvalue weighted by Crippen LogP contribution is -2.21. The first kappa shape index (κ1) is 21.9. The molecule has 3 N–H and O–H groups in total. The second kappa shape index (κ2) is 11.4. The van der Waals surface area contributed by atoms with Crippen molar-refractivity contribution in [3.63, 3.8) is 0 Å². The third-order valence-corrected chi connectivity index (χ3v) is 4.51. The maximum Gasteiger partial charge on any atom is 0.255 e. The Bertz CT molecular complexity index is 988. The molecule has 0 aliphatic carbocycles. The van der Waals surface area contributed by atoms with Crippen LogP contribution >= 0.6 is 0 Å². The molecule has 0 unspecified atom stereocenters. The van der Waals surface area contributed by atoms with Crippen molar-refractivity contribution in [2.45, 2.75) is 19.8 Å². The molecule has 0 fully saturated rings. The van der Waals surface area contributed by atoms with E-state index in [1.807, 2.05) is 42.5 Å². The summed E-state index contributed by atoms with van der Waals surface area (Å²) in [6.07, 6.45) is 2.12. The summed E-state index contributed by atoms with van der Waals surface area (Å²) in [7, 11) is 0. The molecule has 0 bridgehead atoms. The first-order chi connectivity index (χ1) is 15.1. The van der Waals surface area contributed by atoms with Crippen LogP contribution in [0, 0.1) is 0 Å². The summed E-state index contributed by atoms with van der Waals surface area (Å²) in [5.41, 5.74) is 2.63. The van der Waals surface area contributed by atoms with E-state index in [0.29, 0.717) is 23.5 Å². The summed E-state index contributed by atoms with van der Waals surface area (Å²) in [6.45, 7) is 2.95. The van der Waals surface area contributed by atoms with E-state index in [1.54, 1.807) is 36.4 Å². The molecule has 3 aromatic rings. The molecule has 160 valence electrons. The molecule has 3 aromatic carbocycles. The Labute approximate surface area is 182 Å². The summed E-state index contributed by atoms with van der Waals surface area (Å²) in [6, 6.07) is 23.6. The predicted molar refractivity (Wildman–Crippen MR) is 125 cm³/mol. The van der Waals surface area contributed by atoms with Crippen LogP contribution in [0.25, 0.3) is 0 Å². The van der Waals surface area contributed by atoms with Crippen molar-refractivity contribution >= 4 is 28.9 Å². The highest BCUT2D eigenvalue weighted by Crippen LogP contribution is 2.18. The summed E-state index contributed by atoms with van der Waals surface area (Å²) >= 11 is 0. The van der Waals surface area contributed by atoms with Gasteiger partial charge in [-0.3, -0.25) is 9.59 Å². The van der Waals surface area contributed by atoms with Gasteiger partial charge in [0.25, 0.3) is 5.91 Å². The van der Waals surface area contributed by atoms with Gasteiger partial charge < -0.3 is 20.7 Å². The van der Waals surface area contributed by atoms with Gasteiger partial charge in [-0.15, -0.1) is 0 Å². The van der Waals surface area contributed by atoms with E-state index in [9.17, 15) is 9.59 Å². The number of benzene rings is 3. The predicted octanol–water partition coefficient (Wildman–Crippen LogP) is 5.17. The second-order valence-electron chi connectivity index (χ2n) is 7.03. The average Bonchev–Trinajstić information content (AvgIpc) is 2.79. The Morgan fingerprint density at radius 2 is 1.52 bits per heavy atom. The third-order valence-electron chi connectivity index (χ3n) is 4.51. The lowest BCUT2D eigenvalue weighted by Gasteiger charge is -2.11. The molecular formula is C25H27N3O3. The molecule has 3 rings (SSSR count). The number of carbonyl (C=O) groups is 2. The molecular weight excluding hydrogens is 390 g/mol. The van der Waals surface area contributed by atoms with Crippen molar-refractivity contribution in [3.8, 4) is 5.75 Å². The first-order valence-corrected chi connectivity index (χ1v) is 10.4. The van der Waals surface area contributed by atoms with E-state index in [2.05, 4.69) is 22.9 Å². The van der Waals surface area contributed by atoms with Gasteiger partial charge in [-0.2, -0.15) is 0 Å². The van der Waals surface area contributed by atoms with Crippen LogP contribution in [-0.2, 0) is 4.79 Å². The highest BCUT2D eigenvalue weighted by molar-refractivity contribution is 6.04. The zero-order valence-electron chi connectivity index (χ0n) is 17.6. The number of rotatable bonds is 10. The minimum absolute atomic E-state index is 0.122. The lowest BCUT2D eigenvalue weighted by atomic mass is 10.2. The molecule has 6 heteroatoms. The Kier molecular flexibility index (Phi) is 8.05. The molecule has 0 heterocycles. The van der Waals surface area contributed by atoms with Crippen molar-refractivity contribution in [2.24, 2.45) is 0 Å². The number of amides is 2. The maximum absolute atomic E-state index is 12.3. The number of nitrogens with one attached hydrogen (secondary N) is 3. The van der Waals surface area contributed by atoms with Crippen LogP contribution in [-0.4, -0.2) is 25.0 Å². The van der Waals surface area contributed by atoms with Crippen LogP contribution in [0.4, 0.5) is 17.1 Å². The molecule has 0 saturated carbocycles. The molecule has 31 heavy (non-hydrogen) atoms. The number of anilines is 3. The highest BCUT2D eigenvalue weighted by Gasteiger charge is 2.07. The number of unbranched alkanes of at least 4 members (excludes halogenated alkanes) is 1. The van der Waals surface area contributed by atoms with Crippen LogP contribution in [0.3, 0.4) is 0 Å². The van der Waals surface area contributed by atoms with E-state index >= 15 is 0 Å². The molecule has 0 aliphatic rings. The Morgan fingerprint density at radius 1 is 0.806 bits per heavy atom. The molecule has 0 radical (unpaired) electrons. The van der Waals surface area contributed by atoms with E-state index in [-0.39, 0.29) is 18.4 Å². The van der Waals surface area contributed by atoms with Crippen LogP contribution in [0.15, 0.2) is 78.9 Å². The molecule has 6 nitrogen and oxygen atoms in total. The lowest BCUT2D eigenvalue weighted by molar-refractivity contribution is -0.114. The molecule has 0 spiro atoms. The second-order valence-corrected chi connectivity index (χ2v) is 7.03. The van der Waals surface area contributed by atoms with Gasteiger partial charge in [-0.05, 0) is 61.0 Å². The van der Waals surface area contributed by atoms with Crippen molar-refractivity contribution in [3.05, 3.63) is 84.4 Å². The topological polar surface area (TPSA) is 79.5 Å². The van der Waals surface area contributed by atoms with Gasteiger partial charge in [-0.1, -0.05) is 37.6 Å². The fourth-order valence-corrected chi connectivity index (χ4v) is 2.86. The minimum atomic E-state index is -0.201. The van der Waals surface area contributed by atoms with Crippen molar-refractivity contribution in [1.82, 2.24) is 0 Å². The van der Waals surface area contributed by atoms with Gasteiger partial charge in [-0.25, -0.2) is 0 Å². The highest BCUT2D eigenvalue weighted by atomic mass is 16.5. The molecule has 2 amide bonds. The Morgan fingerprint density at radius 3 is 2.23 bits per heavy atom. The third kappa shape index (κ3) is 7.19. The van der Waals surface area contributed by atoms with Crippen LogP contribution in [0.2, 0.25) is 0 Å². The summed E-state index contributed by atoms with van der Waals surface area (Å²) in [5.74, 6) is 0.431. The normalized spacial score (nSPS) is 10.2. The molecule has 0 aromatic heterocycles. The summed E-state index contributed by atoms with van der Waals surface area (Å²) < 4.78 is 5.64. The largest absolute Gasteiger partial charge is 0.494 e. The molecule has 0 saturated heterocycles. The summed E-state index contributed by atoms with van der Waals surface area (Å²) in [4.78, 5) is 24.6. The quantitative estimate of drug-likeness (QED) is 0.398. The van der Waals surface area contributed by atoms with Gasteiger partial charge in [0.1, 0.15) is 5.75 Å². The summed E-state index contributed by atoms with van der Waals surface area (Å²) in [5, 5.41) is 8.76. The zero-order valence-corrected chi connectivity index (χ0v) is 17.6. The fourth-order valence-electron chi connectivity index (χ4n) is 2.86. The number of hydrogen-bond acceptors (Lipinski definition) is 4. The molecule has 0 aliphatic heterocycles. The zero-order chi connectivity index (χ0) is 21.9. The maximum atomic E-state index is 12.3.